The number of ketones is 1. The number of rotatable bonds is 3. The van der Waals surface area contributed by atoms with E-state index in [-0.39, 0.29) is 5.78 Å². The number of ether oxygens (including phenoxy) is 1. The second-order valence-electron chi connectivity index (χ2n) is 4.24. The van der Waals surface area contributed by atoms with Crippen LogP contribution in [0.5, 0.6) is 0 Å². The Balaban J connectivity index is 2.24. The number of nitrogens with zero attached hydrogens (tertiary/aromatic N) is 2. The van der Waals surface area contributed by atoms with Crippen LogP contribution < -0.4 is 0 Å². The third kappa shape index (κ3) is 2.16. The molecule has 1 atom stereocenters. The van der Waals surface area contributed by atoms with E-state index in [1.807, 2.05) is 13.0 Å². The Morgan fingerprint density at radius 3 is 3.00 bits per heavy atom. The zero-order chi connectivity index (χ0) is 11.5. The van der Waals surface area contributed by atoms with Crippen molar-refractivity contribution in [2.24, 2.45) is 0 Å². The standard InChI is InChI=1S/C12H18N2O2/c1-3-14-12(9(2)15)7-11(13-14)10-5-4-6-16-8-10/h7,10H,3-6,8H2,1-2H3. The summed E-state index contributed by atoms with van der Waals surface area (Å²) < 4.78 is 7.23. The van der Waals surface area contributed by atoms with Gasteiger partial charge in [0.25, 0.3) is 0 Å². The molecule has 16 heavy (non-hydrogen) atoms. The molecule has 0 amide bonds. The molecule has 4 nitrogen and oxygen atoms in total. The monoisotopic (exact) mass is 222 g/mol. The SMILES string of the molecule is CCn1nc(C2CCCOC2)cc1C(C)=O. The highest BCUT2D eigenvalue weighted by atomic mass is 16.5. The molecule has 1 saturated heterocycles. The number of Topliss-reactive ketones (excluding diaryl/α,β-unsaturated/α-hetero) is 1. The van der Waals surface area contributed by atoms with Crippen LogP contribution in [0.25, 0.3) is 0 Å². The van der Waals surface area contributed by atoms with Crippen LogP contribution in [0, 0.1) is 0 Å². The Labute approximate surface area is 95.6 Å². The van der Waals surface area contributed by atoms with Crippen molar-refractivity contribution >= 4 is 5.78 Å². The Kier molecular flexibility index (Phi) is 3.39. The van der Waals surface area contributed by atoms with Crippen molar-refractivity contribution in [3.63, 3.8) is 0 Å². The van der Waals surface area contributed by atoms with E-state index in [9.17, 15) is 4.79 Å². The van der Waals surface area contributed by atoms with E-state index in [4.69, 9.17) is 4.74 Å². The van der Waals surface area contributed by atoms with Crippen molar-refractivity contribution in [2.75, 3.05) is 13.2 Å². The van der Waals surface area contributed by atoms with E-state index in [1.165, 1.54) is 0 Å². The molecule has 1 unspecified atom stereocenters. The molecule has 1 aromatic heterocycles. The van der Waals surface area contributed by atoms with Gasteiger partial charge in [-0.1, -0.05) is 0 Å². The van der Waals surface area contributed by atoms with E-state index in [0.29, 0.717) is 11.6 Å². The fraction of sp³-hybridized carbons (Fsp3) is 0.667. The van der Waals surface area contributed by atoms with Gasteiger partial charge in [0.1, 0.15) is 5.69 Å². The number of aryl methyl sites for hydroxylation is 1. The Morgan fingerprint density at radius 1 is 1.69 bits per heavy atom. The van der Waals surface area contributed by atoms with Gasteiger partial charge in [-0.15, -0.1) is 0 Å². The zero-order valence-electron chi connectivity index (χ0n) is 9.90. The summed E-state index contributed by atoms with van der Waals surface area (Å²) in [6.45, 7) is 5.91. The summed E-state index contributed by atoms with van der Waals surface area (Å²) in [5.74, 6) is 0.442. The fourth-order valence-electron chi connectivity index (χ4n) is 2.13. The molecule has 1 aliphatic heterocycles. The number of hydrogen-bond acceptors (Lipinski definition) is 3. The third-order valence-corrected chi connectivity index (χ3v) is 3.04. The Hall–Kier alpha value is -1.16. The van der Waals surface area contributed by atoms with Crippen LogP contribution >= 0.6 is 0 Å². The summed E-state index contributed by atoms with van der Waals surface area (Å²) in [6.07, 6.45) is 2.19. The maximum absolute atomic E-state index is 11.4. The normalized spacial score (nSPS) is 21.0. The highest BCUT2D eigenvalue weighted by molar-refractivity contribution is 5.92. The number of carbonyl (C=O) groups is 1. The second kappa shape index (κ2) is 4.78. The van der Waals surface area contributed by atoms with Crippen LogP contribution in [0.1, 0.15) is 48.8 Å². The second-order valence-corrected chi connectivity index (χ2v) is 4.24. The molecule has 0 radical (unpaired) electrons. The molecule has 88 valence electrons. The molecule has 1 aliphatic rings. The summed E-state index contributed by atoms with van der Waals surface area (Å²) in [5, 5.41) is 4.49. The average molecular weight is 222 g/mol. The summed E-state index contributed by atoms with van der Waals surface area (Å²) in [6, 6.07) is 1.92. The average Bonchev–Trinajstić information content (AvgIpc) is 2.74. The van der Waals surface area contributed by atoms with Crippen molar-refractivity contribution in [2.45, 2.75) is 39.2 Å². The predicted octanol–water partition coefficient (Wildman–Crippen LogP) is 2.00. The molecule has 0 bridgehead atoms. The van der Waals surface area contributed by atoms with E-state index in [2.05, 4.69) is 5.10 Å². The predicted molar refractivity (Wildman–Crippen MR) is 60.7 cm³/mol. The number of carbonyl (C=O) groups excluding carboxylic acids is 1. The van der Waals surface area contributed by atoms with Crippen molar-refractivity contribution < 1.29 is 9.53 Å². The molecule has 1 fully saturated rings. The van der Waals surface area contributed by atoms with Crippen LogP contribution in [-0.4, -0.2) is 28.8 Å². The van der Waals surface area contributed by atoms with Crippen LogP contribution in [0.4, 0.5) is 0 Å². The molecule has 1 aromatic rings. The molecule has 0 aromatic carbocycles. The van der Waals surface area contributed by atoms with Crippen LogP contribution in [0.3, 0.4) is 0 Å². The van der Waals surface area contributed by atoms with Gasteiger partial charge >= 0.3 is 0 Å². The van der Waals surface area contributed by atoms with Gasteiger partial charge in [0.15, 0.2) is 5.78 Å². The van der Waals surface area contributed by atoms with Crippen molar-refractivity contribution in [1.29, 1.82) is 0 Å². The van der Waals surface area contributed by atoms with E-state index >= 15 is 0 Å². The fourth-order valence-corrected chi connectivity index (χ4v) is 2.13. The number of aromatic nitrogens is 2. The van der Waals surface area contributed by atoms with Gasteiger partial charge in [-0.05, 0) is 25.8 Å². The third-order valence-electron chi connectivity index (χ3n) is 3.04. The molecule has 0 spiro atoms. The van der Waals surface area contributed by atoms with Crippen molar-refractivity contribution in [3.8, 4) is 0 Å². The molecule has 2 rings (SSSR count). The minimum absolute atomic E-state index is 0.0809. The first-order chi connectivity index (χ1) is 7.72. The van der Waals surface area contributed by atoms with Gasteiger partial charge in [-0.3, -0.25) is 9.48 Å². The Bertz CT molecular complexity index is 378. The molecular formula is C12H18N2O2. The van der Waals surface area contributed by atoms with Gasteiger partial charge in [0, 0.05) is 26.0 Å². The first kappa shape index (κ1) is 11.3. The van der Waals surface area contributed by atoms with Gasteiger partial charge in [0.2, 0.25) is 0 Å². The molecule has 0 N–H and O–H groups in total. The van der Waals surface area contributed by atoms with E-state index in [1.54, 1.807) is 11.6 Å². The molecular weight excluding hydrogens is 204 g/mol. The van der Waals surface area contributed by atoms with Crippen molar-refractivity contribution in [3.05, 3.63) is 17.5 Å². The van der Waals surface area contributed by atoms with Gasteiger partial charge < -0.3 is 4.74 Å². The summed E-state index contributed by atoms with van der Waals surface area (Å²) in [7, 11) is 0. The molecule has 4 heteroatoms. The van der Waals surface area contributed by atoms with E-state index < -0.39 is 0 Å². The van der Waals surface area contributed by atoms with Crippen LogP contribution in [0.15, 0.2) is 6.07 Å². The summed E-state index contributed by atoms with van der Waals surface area (Å²) in [5.41, 5.74) is 1.72. The topological polar surface area (TPSA) is 44.1 Å². The first-order valence-corrected chi connectivity index (χ1v) is 5.88. The largest absolute Gasteiger partial charge is 0.381 e. The highest BCUT2D eigenvalue weighted by Gasteiger charge is 2.21. The highest BCUT2D eigenvalue weighted by Crippen LogP contribution is 2.25. The number of hydrogen-bond donors (Lipinski definition) is 0. The molecule has 0 aliphatic carbocycles. The first-order valence-electron chi connectivity index (χ1n) is 5.88. The summed E-state index contributed by atoms with van der Waals surface area (Å²) in [4.78, 5) is 11.4. The smallest absolute Gasteiger partial charge is 0.177 e. The minimum Gasteiger partial charge on any atom is -0.381 e. The lowest BCUT2D eigenvalue weighted by Gasteiger charge is -2.19. The zero-order valence-corrected chi connectivity index (χ0v) is 9.90. The van der Waals surface area contributed by atoms with Gasteiger partial charge in [-0.2, -0.15) is 5.10 Å². The van der Waals surface area contributed by atoms with E-state index in [0.717, 1.165) is 38.3 Å². The lowest BCUT2D eigenvalue weighted by atomic mass is 9.98. The quantitative estimate of drug-likeness (QED) is 0.735. The lowest BCUT2D eigenvalue weighted by Crippen LogP contribution is -2.16. The minimum atomic E-state index is 0.0809. The maximum atomic E-state index is 11.4. The molecule has 0 saturated carbocycles. The van der Waals surface area contributed by atoms with Gasteiger partial charge in [-0.25, -0.2) is 0 Å². The van der Waals surface area contributed by atoms with Crippen LogP contribution in [0.2, 0.25) is 0 Å². The lowest BCUT2D eigenvalue weighted by molar-refractivity contribution is 0.0791. The Morgan fingerprint density at radius 2 is 2.50 bits per heavy atom. The van der Waals surface area contributed by atoms with Crippen molar-refractivity contribution in [1.82, 2.24) is 9.78 Å². The van der Waals surface area contributed by atoms with Crippen LogP contribution in [-0.2, 0) is 11.3 Å². The summed E-state index contributed by atoms with van der Waals surface area (Å²) >= 11 is 0. The maximum Gasteiger partial charge on any atom is 0.177 e. The van der Waals surface area contributed by atoms with Gasteiger partial charge in [0.05, 0.1) is 12.3 Å². The molecule has 2 heterocycles.